The molecule has 1 fully saturated rings. The van der Waals surface area contributed by atoms with Gasteiger partial charge in [0.2, 0.25) is 0 Å². The summed E-state index contributed by atoms with van der Waals surface area (Å²) in [6.07, 6.45) is 6.21. The molecule has 1 aliphatic rings. The zero-order chi connectivity index (χ0) is 13.9. The van der Waals surface area contributed by atoms with Crippen LogP contribution in [0.3, 0.4) is 0 Å². The van der Waals surface area contributed by atoms with Crippen LogP contribution in [-0.2, 0) is 0 Å². The van der Waals surface area contributed by atoms with Crippen LogP contribution in [0.1, 0.15) is 31.2 Å². The SMILES string of the molecule is Cc1cc(NC2CCCC(N)C2)ccc1-n1cnnn1. The number of nitrogens with zero attached hydrogens (tertiary/aromatic N) is 4. The lowest BCUT2D eigenvalue weighted by atomic mass is 9.91. The van der Waals surface area contributed by atoms with Crippen LogP contribution in [0.5, 0.6) is 0 Å². The summed E-state index contributed by atoms with van der Waals surface area (Å²) in [6, 6.07) is 7.07. The van der Waals surface area contributed by atoms with Crippen LogP contribution in [0.25, 0.3) is 5.69 Å². The van der Waals surface area contributed by atoms with Crippen molar-refractivity contribution in [1.29, 1.82) is 0 Å². The lowest BCUT2D eigenvalue weighted by Gasteiger charge is -2.28. The largest absolute Gasteiger partial charge is 0.382 e. The Bertz CT molecular complexity index is 565. The Kier molecular flexibility index (Phi) is 3.64. The van der Waals surface area contributed by atoms with Gasteiger partial charge in [-0.05, 0) is 66.8 Å². The first kappa shape index (κ1) is 13.1. The second-order valence-electron chi connectivity index (χ2n) is 5.52. The Balaban J connectivity index is 1.74. The maximum atomic E-state index is 6.03. The number of aromatic nitrogens is 4. The molecule has 6 heteroatoms. The van der Waals surface area contributed by atoms with E-state index in [1.165, 1.54) is 12.8 Å². The van der Waals surface area contributed by atoms with Crippen LogP contribution in [0.4, 0.5) is 5.69 Å². The summed E-state index contributed by atoms with van der Waals surface area (Å²) in [5.74, 6) is 0. The Morgan fingerprint density at radius 3 is 2.95 bits per heavy atom. The van der Waals surface area contributed by atoms with Crippen LogP contribution >= 0.6 is 0 Å². The Hall–Kier alpha value is -1.95. The van der Waals surface area contributed by atoms with E-state index in [1.54, 1.807) is 11.0 Å². The zero-order valence-electron chi connectivity index (χ0n) is 11.7. The smallest absolute Gasteiger partial charge is 0.143 e. The summed E-state index contributed by atoms with van der Waals surface area (Å²) in [5, 5.41) is 14.8. The maximum absolute atomic E-state index is 6.03. The topological polar surface area (TPSA) is 81.6 Å². The molecule has 106 valence electrons. The average Bonchev–Trinajstić information content (AvgIpc) is 2.92. The van der Waals surface area contributed by atoms with Gasteiger partial charge in [-0.15, -0.1) is 5.10 Å². The van der Waals surface area contributed by atoms with Gasteiger partial charge in [0, 0.05) is 17.8 Å². The molecule has 6 nitrogen and oxygen atoms in total. The monoisotopic (exact) mass is 272 g/mol. The molecule has 3 rings (SSSR count). The third kappa shape index (κ3) is 2.80. The van der Waals surface area contributed by atoms with Crippen LogP contribution in [0, 0.1) is 6.92 Å². The number of benzene rings is 1. The zero-order valence-corrected chi connectivity index (χ0v) is 11.7. The number of aryl methyl sites for hydroxylation is 1. The lowest BCUT2D eigenvalue weighted by Crippen LogP contribution is -2.34. The van der Waals surface area contributed by atoms with Crippen molar-refractivity contribution in [2.24, 2.45) is 5.73 Å². The van der Waals surface area contributed by atoms with Gasteiger partial charge in [-0.2, -0.15) is 0 Å². The summed E-state index contributed by atoms with van der Waals surface area (Å²) in [5.41, 5.74) is 9.31. The molecule has 0 saturated heterocycles. The predicted octanol–water partition coefficient (Wildman–Crippen LogP) is 1.65. The third-order valence-corrected chi connectivity index (χ3v) is 3.88. The van der Waals surface area contributed by atoms with E-state index in [0.717, 1.165) is 29.8 Å². The molecule has 0 radical (unpaired) electrons. The van der Waals surface area contributed by atoms with E-state index in [2.05, 4.69) is 39.9 Å². The highest BCUT2D eigenvalue weighted by Crippen LogP contribution is 2.23. The van der Waals surface area contributed by atoms with Crippen molar-refractivity contribution in [3.05, 3.63) is 30.1 Å². The fourth-order valence-electron chi connectivity index (χ4n) is 2.87. The van der Waals surface area contributed by atoms with Gasteiger partial charge >= 0.3 is 0 Å². The Labute approximate surface area is 118 Å². The number of nitrogens with one attached hydrogen (secondary N) is 1. The van der Waals surface area contributed by atoms with Crippen molar-refractivity contribution in [2.75, 3.05) is 5.32 Å². The highest BCUT2D eigenvalue weighted by Gasteiger charge is 2.19. The van der Waals surface area contributed by atoms with Crippen molar-refractivity contribution < 1.29 is 0 Å². The number of tetrazole rings is 1. The van der Waals surface area contributed by atoms with Gasteiger partial charge in [-0.1, -0.05) is 0 Å². The summed E-state index contributed by atoms with van der Waals surface area (Å²) >= 11 is 0. The molecule has 3 N–H and O–H groups in total. The molecule has 2 unspecified atom stereocenters. The van der Waals surface area contributed by atoms with Crippen LogP contribution in [0.15, 0.2) is 24.5 Å². The van der Waals surface area contributed by atoms with Gasteiger partial charge in [0.05, 0.1) is 5.69 Å². The number of hydrogen-bond donors (Lipinski definition) is 2. The third-order valence-electron chi connectivity index (χ3n) is 3.88. The van der Waals surface area contributed by atoms with Crippen molar-refractivity contribution in [3.8, 4) is 5.69 Å². The minimum Gasteiger partial charge on any atom is -0.382 e. The summed E-state index contributed by atoms with van der Waals surface area (Å²) in [7, 11) is 0. The van der Waals surface area contributed by atoms with Crippen molar-refractivity contribution >= 4 is 5.69 Å². The number of nitrogens with two attached hydrogens (primary N) is 1. The van der Waals surface area contributed by atoms with E-state index in [1.807, 2.05) is 6.07 Å². The van der Waals surface area contributed by atoms with E-state index >= 15 is 0 Å². The molecule has 0 aliphatic heterocycles. The molecule has 1 aromatic heterocycles. The quantitative estimate of drug-likeness (QED) is 0.888. The number of hydrogen-bond acceptors (Lipinski definition) is 5. The van der Waals surface area contributed by atoms with E-state index < -0.39 is 0 Å². The van der Waals surface area contributed by atoms with E-state index in [9.17, 15) is 0 Å². The van der Waals surface area contributed by atoms with Gasteiger partial charge in [-0.3, -0.25) is 0 Å². The molecular formula is C14H20N6. The molecule has 1 aliphatic carbocycles. The van der Waals surface area contributed by atoms with Crippen molar-refractivity contribution in [2.45, 2.75) is 44.7 Å². The normalized spacial score (nSPS) is 22.7. The lowest BCUT2D eigenvalue weighted by molar-refractivity contribution is 0.409. The Morgan fingerprint density at radius 1 is 1.35 bits per heavy atom. The van der Waals surface area contributed by atoms with Gasteiger partial charge in [-0.25, -0.2) is 4.68 Å². The highest BCUT2D eigenvalue weighted by molar-refractivity contribution is 5.53. The van der Waals surface area contributed by atoms with Gasteiger partial charge in [0.1, 0.15) is 6.33 Å². The van der Waals surface area contributed by atoms with E-state index in [-0.39, 0.29) is 0 Å². The highest BCUT2D eigenvalue weighted by atomic mass is 15.5. The molecule has 2 aromatic rings. The second-order valence-corrected chi connectivity index (χ2v) is 5.52. The molecular weight excluding hydrogens is 252 g/mol. The van der Waals surface area contributed by atoms with Crippen LogP contribution in [-0.4, -0.2) is 32.3 Å². The first-order chi connectivity index (χ1) is 9.72. The van der Waals surface area contributed by atoms with Crippen molar-refractivity contribution in [1.82, 2.24) is 20.2 Å². The molecule has 0 bridgehead atoms. The van der Waals surface area contributed by atoms with Crippen LogP contribution in [0.2, 0.25) is 0 Å². The van der Waals surface area contributed by atoms with Crippen molar-refractivity contribution in [3.63, 3.8) is 0 Å². The first-order valence-corrected chi connectivity index (χ1v) is 7.08. The summed E-state index contributed by atoms with van der Waals surface area (Å²) < 4.78 is 1.68. The Morgan fingerprint density at radius 2 is 2.25 bits per heavy atom. The molecule has 1 heterocycles. The number of anilines is 1. The second kappa shape index (κ2) is 5.58. The fraction of sp³-hybridized carbons (Fsp3) is 0.500. The predicted molar refractivity (Wildman–Crippen MR) is 77.7 cm³/mol. The molecule has 0 spiro atoms. The minimum atomic E-state index is 0.336. The molecule has 2 atom stereocenters. The molecule has 0 amide bonds. The average molecular weight is 272 g/mol. The van der Waals surface area contributed by atoms with Crippen LogP contribution < -0.4 is 11.1 Å². The standard InChI is InChI=1S/C14H20N6/c1-10-7-13(17-12-4-2-3-11(15)8-12)5-6-14(10)20-9-16-18-19-20/h5-7,9,11-12,17H,2-4,8,15H2,1H3. The van der Waals surface area contributed by atoms with E-state index in [0.29, 0.717) is 12.1 Å². The fourth-order valence-corrected chi connectivity index (χ4v) is 2.87. The molecule has 1 aromatic carbocycles. The first-order valence-electron chi connectivity index (χ1n) is 7.08. The minimum absolute atomic E-state index is 0.336. The van der Waals surface area contributed by atoms with Gasteiger partial charge in [0.25, 0.3) is 0 Å². The van der Waals surface area contributed by atoms with E-state index in [4.69, 9.17) is 5.73 Å². The van der Waals surface area contributed by atoms with Gasteiger partial charge < -0.3 is 11.1 Å². The number of rotatable bonds is 3. The summed E-state index contributed by atoms with van der Waals surface area (Å²) in [4.78, 5) is 0. The van der Waals surface area contributed by atoms with Gasteiger partial charge in [0.15, 0.2) is 0 Å². The maximum Gasteiger partial charge on any atom is 0.143 e. The molecule has 1 saturated carbocycles. The summed E-state index contributed by atoms with van der Waals surface area (Å²) in [6.45, 7) is 2.06. The molecule has 20 heavy (non-hydrogen) atoms.